The van der Waals surface area contributed by atoms with Crippen molar-refractivity contribution in [3.05, 3.63) is 24.3 Å². The number of nitrogens with two attached hydrogens (primary N) is 1. The fourth-order valence-electron chi connectivity index (χ4n) is 2.17. The lowest BCUT2D eigenvalue weighted by Crippen LogP contribution is -2.34. The number of halogens is 3. The highest BCUT2D eigenvalue weighted by molar-refractivity contribution is 7.89. The van der Waals surface area contributed by atoms with Crippen LogP contribution in [0.2, 0.25) is 0 Å². The van der Waals surface area contributed by atoms with E-state index in [2.05, 4.69) is 0 Å². The fraction of sp³-hybridized carbons (Fsp3) is 0.500. The zero-order valence-electron chi connectivity index (χ0n) is 12.3. The lowest BCUT2D eigenvalue weighted by atomic mass is 10.3. The number of hydrogen-bond donors (Lipinski definition) is 2. The van der Waals surface area contributed by atoms with Gasteiger partial charge in [-0.15, -0.1) is 0 Å². The van der Waals surface area contributed by atoms with Gasteiger partial charge in [-0.1, -0.05) is 0 Å². The molecule has 1 aliphatic rings. The highest BCUT2D eigenvalue weighted by Crippen LogP contribution is 2.22. The van der Waals surface area contributed by atoms with Gasteiger partial charge < -0.3 is 5.73 Å². The van der Waals surface area contributed by atoms with Gasteiger partial charge in [-0.25, -0.2) is 21.6 Å². The van der Waals surface area contributed by atoms with Gasteiger partial charge in [0.05, 0.1) is 9.79 Å². The lowest BCUT2D eigenvalue weighted by Gasteiger charge is -2.16. The molecule has 0 radical (unpaired) electrons. The summed E-state index contributed by atoms with van der Waals surface area (Å²) in [5.41, 5.74) is 5.66. The largest absolute Gasteiger partial charge is 0.402 e. The molecule has 1 aliphatic heterocycles. The maximum atomic E-state index is 12.4. The summed E-state index contributed by atoms with van der Waals surface area (Å²) in [5.74, 6) is 0. The van der Waals surface area contributed by atoms with Crippen LogP contribution in [0, 0.1) is 0 Å². The van der Waals surface area contributed by atoms with Crippen LogP contribution >= 0.6 is 0 Å². The van der Waals surface area contributed by atoms with Crippen molar-refractivity contribution in [3.8, 4) is 0 Å². The first kappa shape index (κ1) is 19.1. The fourth-order valence-corrected chi connectivity index (χ4v) is 4.70. The Hall–Kier alpha value is -1.21. The van der Waals surface area contributed by atoms with Crippen LogP contribution in [0.25, 0.3) is 0 Å². The molecule has 2 rings (SSSR count). The van der Waals surface area contributed by atoms with Gasteiger partial charge in [0.25, 0.3) is 0 Å². The minimum atomic E-state index is -4.69. The van der Waals surface area contributed by atoms with Crippen molar-refractivity contribution in [3.63, 3.8) is 0 Å². The van der Waals surface area contributed by atoms with Gasteiger partial charge in [0, 0.05) is 19.1 Å². The Balaban J connectivity index is 2.18. The minimum Gasteiger partial charge on any atom is -0.326 e. The Kier molecular flexibility index (Phi) is 5.25. The summed E-state index contributed by atoms with van der Waals surface area (Å²) in [5, 5.41) is 0. The van der Waals surface area contributed by atoms with Crippen LogP contribution in [-0.4, -0.2) is 53.0 Å². The van der Waals surface area contributed by atoms with Crippen molar-refractivity contribution in [1.82, 2.24) is 9.03 Å². The van der Waals surface area contributed by atoms with E-state index in [9.17, 15) is 30.0 Å². The molecule has 0 spiro atoms. The van der Waals surface area contributed by atoms with Crippen LogP contribution in [-0.2, 0) is 20.0 Å². The number of benzene rings is 1. The smallest absolute Gasteiger partial charge is 0.326 e. The van der Waals surface area contributed by atoms with E-state index in [0.29, 0.717) is 6.42 Å². The first-order valence-electron chi connectivity index (χ1n) is 6.84. The molecule has 1 aromatic carbocycles. The van der Waals surface area contributed by atoms with E-state index in [0.717, 1.165) is 24.3 Å². The molecule has 1 atom stereocenters. The molecule has 0 amide bonds. The normalized spacial score (nSPS) is 20.4. The Bertz CT molecular complexity index is 792. The Morgan fingerprint density at radius 2 is 1.67 bits per heavy atom. The Morgan fingerprint density at radius 1 is 1.12 bits per heavy atom. The van der Waals surface area contributed by atoms with E-state index < -0.39 is 37.7 Å². The molecule has 1 heterocycles. The zero-order chi connectivity index (χ0) is 18.2. The Morgan fingerprint density at radius 3 is 2.12 bits per heavy atom. The quantitative estimate of drug-likeness (QED) is 0.753. The van der Waals surface area contributed by atoms with Crippen molar-refractivity contribution in [1.29, 1.82) is 0 Å². The second kappa shape index (κ2) is 6.59. The number of hydrogen-bond acceptors (Lipinski definition) is 5. The maximum absolute atomic E-state index is 12.4. The molecule has 12 heteroatoms. The molecule has 1 aromatic rings. The van der Waals surface area contributed by atoms with Crippen LogP contribution in [0.4, 0.5) is 13.2 Å². The summed E-state index contributed by atoms with van der Waals surface area (Å²) in [6.45, 7) is -1.28. The van der Waals surface area contributed by atoms with Crippen LogP contribution in [0.5, 0.6) is 0 Å². The topological polar surface area (TPSA) is 110 Å². The third-order valence-corrected chi connectivity index (χ3v) is 6.72. The summed E-state index contributed by atoms with van der Waals surface area (Å²) < 4.78 is 87.1. The average Bonchev–Trinajstić information content (AvgIpc) is 2.92. The van der Waals surface area contributed by atoms with Gasteiger partial charge in [0.15, 0.2) is 0 Å². The predicted molar refractivity (Wildman–Crippen MR) is 79.0 cm³/mol. The van der Waals surface area contributed by atoms with Crippen LogP contribution in [0.1, 0.15) is 6.42 Å². The summed E-state index contributed by atoms with van der Waals surface area (Å²) >= 11 is 0. The maximum Gasteiger partial charge on any atom is 0.402 e. The minimum absolute atomic E-state index is 0.147. The number of sulfonamides is 2. The molecule has 3 N–H and O–H groups in total. The molecule has 136 valence electrons. The first-order chi connectivity index (χ1) is 10.9. The molecular weight excluding hydrogens is 371 g/mol. The second-order valence-corrected chi connectivity index (χ2v) is 9.03. The van der Waals surface area contributed by atoms with Gasteiger partial charge in [0.1, 0.15) is 6.54 Å². The van der Waals surface area contributed by atoms with E-state index >= 15 is 0 Å². The third-order valence-electron chi connectivity index (χ3n) is 3.42. The molecule has 0 aromatic heterocycles. The van der Waals surface area contributed by atoms with Crippen molar-refractivity contribution in [2.24, 2.45) is 5.73 Å². The highest BCUT2D eigenvalue weighted by Gasteiger charge is 2.32. The molecular formula is C12H16F3N3O4S2. The first-order valence-corrected chi connectivity index (χ1v) is 9.76. The lowest BCUT2D eigenvalue weighted by molar-refractivity contribution is -0.121. The van der Waals surface area contributed by atoms with Gasteiger partial charge >= 0.3 is 6.18 Å². The van der Waals surface area contributed by atoms with Gasteiger partial charge in [-0.2, -0.15) is 17.5 Å². The van der Waals surface area contributed by atoms with Crippen molar-refractivity contribution in [2.75, 3.05) is 19.6 Å². The van der Waals surface area contributed by atoms with Crippen molar-refractivity contribution >= 4 is 20.0 Å². The van der Waals surface area contributed by atoms with E-state index in [-0.39, 0.29) is 24.0 Å². The standard InChI is InChI=1S/C12H16F3N3O4S2/c13-12(14,15)8-17-23(19,20)10-1-3-11(4-2-10)24(21,22)18-6-5-9(16)7-18/h1-4,9,17H,5-8,16H2/t9-/m1/s1. The van der Waals surface area contributed by atoms with Gasteiger partial charge in [-0.3, -0.25) is 0 Å². The average molecular weight is 387 g/mol. The van der Waals surface area contributed by atoms with Crippen LogP contribution in [0.3, 0.4) is 0 Å². The van der Waals surface area contributed by atoms with Gasteiger partial charge in [0.2, 0.25) is 20.0 Å². The molecule has 7 nitrogen and oxygen atoms in total. The third kappa shape index (κ3) is 4.45. The number of nitrogens with one attached hydrogen (secondary N) is 1. The van der Waals surface area contributed by atoms with E-state index in [1.165, 1.54) is 9.03 Å². The summed E-state index contributed by atoms with van der Waals surface area (Å²) in [4.78, 5) is -0.602. The van der Waals surface area contributed by atoms with Crippen molar-refractivity contribution < 1.29 is 30.0 Å². The molecule has 0 bridgehead atoms. The van der Waals surface area contributed by atoms with E-state index in [1.54, 1.807) is 0 Å². The number of rotatable bonds is 5. The summed E-state index contributed by atoms with van der Waals surface area (Å²) in [7, 11) is -8.19. The number of nitrogens with zero attached hydrogens (tertiary/aromatic N) is 1. The summed E-state index contributed by atoms with van der Waals surface area (Å²) in [6.07, 6.45) is -4.17. The monoisotopic (exact) mass is 387 g/mol. The molecule has 1 fully saturated rings. The SMILES string of the molecule is N[C@@H]1CCN(S(=O)(=O)c2ccc(S(=O)(=O)NCC(F)(F)F)cc2)C1. The van der Waals surface area contributed by atoms with Gasteiger partial charge in [-0.05, 0) is 30.7 Å². The van der Waals surface area contributed by atoms with E-state index in [1.807, 2.05) is 0 Å². The highest BCUT2D eigenvalue weighted by atomic mass is 32.2. The van der Waals surface area contributed by atoms with Crippen molar-refractivity contribution in [2.45, 2.75) is 28.4 Å². The Labute approximate surface area is 137 Å². The van der Waals surface area contributed by atoms with Crippen LogP contribution in [0.15, 0.2) is 34.1 Å². The molecule has 24 heavy (non-hydrogen) atoms. The summed E-state index contributed by atoms with van der Waals surface area (Å²) in [6, 6.07) is 3.72. The predicted octanol–water partition coefficient (Wildman–Crippen LogP) is 0.249. The van der Waals surface area contributed by atoms with E-state index in [4.69, 9.17) is 5.73 Å². The molecule has 0 unspecified atom stereocenters. The molecule has 0 saturated carbocycles. The number of alkyl halides is 3. The zero-order valence-corrected chi connectivity index (χ0v) is 14.0. The molecule has 0 aliphatic carbocycles. The second-order valence-electron chi connectivity index (χ2n) is 5.32. The molecule has 1 saturated heterocycles. The van der Waals surface area contributed by atoms with Crippen LogP contribution < -0.4 is 10.5 Å².